The second kappa shape index (κ2) is 5.24. The zero-order chi connectivity index (χ0) is 13.2. The summed E-state index contributed by atoms with van der Waals surface area (Å²) in [6.45, 7) is 5.85. The van der Waals surface area contributed by atoms with Crippen LogP contribution in [0.4, 0.5) is 10.1 Å². The number of nitrogens with one attached hydrogen (secondary N) is 1. The summed E-state index contributed by atoms with van der Waals surface area (Å²) in [5, 5.41) is 12.4. The Bertz CT molecular complexity index is 409. The summed E-state index contributed by atoms with van der Waals surface area (Å²) in [4.78, 5) is 2.10. The maximum atomic E-state index is 13.9. The topological polar surface area (TPSA) is 35.5 Å². The van der Waals surface area contributed by atoms with Gasteiger partial charge in [-0.15, -0.1) is 0 Å². The monoisotopic (exact) mass is 252 g/mol. The van der Waals surface area contributed by atoms with Gasteiger partial charge in [0, 0.05) is 31.3 Å². The number of hydrogen-bond donors (Lipinski definition) is 2. The molecule has 0 saturated carbocycles. The predicted octanol–water partition coefficient (Wildman–Crippen LogP) is 1.76. The van der Waals surface area contributed by atoms with E-state index in [1.807, 2.05) is 12.1 Å². The second-order valence-corrected chi connectivity index (χ2v) is 5.46. The molecule has 3 nitrogen and oxygen atoms in total. The minimum atomic E-state index is -0.185. The van der Waals surface area contributed by atoms with E-state index in [1.165, 1.54) is 6.07 Å². The Morgan fingerprint density at radius 2 is 2.17 bits per heavy atom. The lowest BCUT2D eigenvalue weighted by atomic mass is 9.95. The van der Waals surface area contributed by atoms with Crippen molar-refractivity contribution in [3.63, 3.8) is 0 Å². The first-order valence-electron chi connectivity index (χ1n) is 6.41. The van der Waals surface area contributed by atoms with Gasteiger partial charge in [-0.05, 0) is 32.4 Å². The van der Waals surface area contributed by atoms with Crippen LogP contribution < -0.4 is 10.2 Å². The molecule has 1 aliphatic heterocycles. The first-order valence-corrected chi connectivity index (χ1v) is 6.41. The molecule has 1 aliphatic rings. The molecule has 4 heteroatoms. The number of aliphatic hydroxyl groups excluding tert-OH is 1. The lowest BCUT2D eigenvalue weighted by Gasteiger charge is -2.47. The number of aliphatic hydroxyl groups is 1. The van der Waals surface area contributed by atoms with Crippen LogP contribution in [0.1, 0.15) is 20.3 Å². The summed E-state index contributed by atoms with van der Waals surface area (Å²) in [5.74, 6) is -0.185. The van der Waals surface area contributed by atoms with E-state index in [2.05, 4.69) is 24.1 Å². The predicted molar refractivity (Wildman–Crippen MR) is 71.3 cm³/mol. The van der Waals surface area contributed by atoms with Crippen LogP contribution in [-0.4, -0.2) is 36.4 Å². The van der Waals surface area contributed by atoms with Gasteiger partial charge in [-0.1, -0.05) is 12.1 Å². The van der Waals surface area contributed by atoms with E-state index >= 15 is 0 Å². The van der Waals surface area contributed by atoms with Crippen molar-refractivity contribution >= 4 is 5.69 Å². The molecular formula is C14H21FN2O. The summed E-state index contributed by atoms with van der Waals surface area (Å²) in [7, 11) is 0. The molecule has 0 radical (unpaired) electrons. The fourth-order valence-corrected chi connectivity index (χ4v) is 2.47. The molecule has 2 rings (SSSR count). The number of benzene rings is 1. The van der Waals surface area contributed by atoms with Gasteiger partial charge in [0.1, 0.15) is 5.82 Å². The first kappa shape index (κ1) is 13.3. The van der Waals surface area contributed by atoms with Crippen LogP contribution in [0, 0.1) is 5.82 Å². The van der Waals surface area contributed by atoms with E-state index in [9.17, 15) is 4.39 Å². The minimum Gasteiger partial charge on any atom is -0.396 e. The van der Waals surface area contributed by atoms with Crippen molar-refractivity contribution in [2.24, 2.45) is 0 Å². The molecule has 100 valence electrons. The standard InChI is InChI=1S/C14H21FN2O/c1-14(2)10-16-11(7-8-18)9-17(14)13-6-4-3-5-12(13)15/h3-6,11,16,18H,7-10H2,1-2H3. The Morgan fingerprint density at radius 1 is 1.44 bits per heavy atom. The number of hydrogen-bond acceptors (Lipinski definition) is 3. The van der Waals surface area contributed by atoms with Gasteiger partial charge >= 0.3 is 0 Å². The maximum absolute atomic E-state index is 13.9. The molecule has 0 bridgehead atoms. The normalized spacial score (nSPS) is 23.1. The third-order valence-electron chi connectivity index (χ3n) is 3.58. The number of halogens is 1. The Morgan fingerprint density at radius 3 is 2.83 bits per heavy atom. The molecule has 1 fully saturated rings. The van der Waals surface area contributed by atoms with Crippen molar-refractivity contribution in [2.45, 2.75) is 31.8 Å². The van der Waals surface area contributed by atoms with Gasteiger partial charge in [-0.2, -0.15) is 0 Å². The van der Waals surface area contributed by atoms with Gasteiger partial charge in [-0.25, -0.2) is 4.39 Å². The van der Waals surface area contributed by atoms with E-state index in [-0.39, 0.29) is 24.0 Å². The van der Waals surface area contributed by atoms with Crippen molar-refractivity contribution in [2.75, 3.05) is 24.6 Å². The molecule has 1 unspecified atom stereocenters. The van der Waals surface area contributed by atoms with Crippen LogP contribution in [0.25, 0.3) is 0 Å². The highest BCUT2D eigenvalue weighted by atomic mass is 19.1. The van der Waals surface area contributed by atoms with Crippen molar-refractivity contribution in [3.05, 3.63) is 30.1 Å². The van der Waals surface area contributed by atoms with E-state index in [4.69, 9.17) is 5.11 Å². The molecule has 1 heterocycles. The molecule has 1 saturated heterocycles. The summed E-state index contributed by atoms with van der Waals surface area (Å²) in [5.41, 5.74) is 0.515. The smallest absolute Gasteiger partial charge is 0.146 e. The fourth-order valence-electron chi connectivity index (χ4n) is 2.47. The van der Waals surface area contributed by atoms with Crippen LogP contribution in [0.2, 0.25) is 0 Å². The molecule has 0 spiro atoms. The van der Waals surface area contributed by atoms with Gasteiger partial charge in [0.05, 0.1) is 5.69 Å². The number of nitrogens with zero attached hydrogens (tertiary/aromatic N) is 1. The maximum Gasteiger partial charge on any atom is 0.146 e. The number of anilines is 1. The molecule has 0 amide bonds. The van der Waals surface area contributed by atoms with Crippen LogP contribution in [0.5, 0.6) is 0 Å². The first-order chi connectivity index (χ1) is 8.54. The van der Waals surface area contributed by atoms with Crippen molar-refractivity contribution in [1.29, 1.82) is 0 Å². The zero-order valence-electron chi connectivity index (χ0n) is 11.0. The number of piperazine rings is 1. The van der Waals surface area contributed by atoms with Crippen molar-refractivity contribution < 1.29 is 9.50 Å². The van der Waals surface area contributed by atoms with Crippen LogP contribution in [0.3, 0.4) is 0 Å². The number of rotatable bonds is 3. The third kappa shape index (κ3) is 2.65. The summed E-state index contributed by atoms with van der Waals surface area (Å²) in [6, 6.07) is 7.09. The molecule has 0 aliphatic carbocycles. The van der Waals surface area contributed by atoms with Crippen LogP contribution >= 0.6 is 0 Å². The van der Waals surface area contributed by atoms with E-state index in [0.29, 0.717) is 18.7 Å². The van der Waals surface area contributed by atoms with Crippen LogP contribution in [0.15, 0.2) is 24.3 Å². The summed E-state index contributed by atoms with van der Waals surface area (Å²) < 4.78 is 13.9. The largest absolute Gasteiger partial charge is 0.396 e. The Balaban J connectivity index is 2.24. The quantitative estimate of drug-likeness (QED) is 0.860. The average Bonchev–Trinajstić information content (AvgIpc) is 2.33. The summed E-state index contributed by atoms with van der Waals surface area (Å²) in [6.07, 6.45) is 0.695. The molecule has 2 N–H and O–H groups in total. The highest BCUT2D eigenvalue weighted by molar-refractivity contribution is 5.51. The Labute approximate surface area is 108 Å². The lowest BCUT2D eigenvalue weighted by Crippen LogP contribution is -2.62. The SMILES string of the molecule is CC1(C)CNC(CCO)CN1c1ccccc1F. The van der Waals surface area contributed by atoms with Gasteiger partial charge in [-0.3, -0.25) is 0 Å². The third-order valence-corrected chi connectivity index (χ3v) is 3.58. The molecule has 1 aromatic carbocycles. The Kier molecular flexibility index (Phi) is 3.88. The summed E-state index contributed by atoms with van der Waals surface area (Å²) >= 11 is 0. The van der Waals surface area contributed by atoms with Gasteiger partial charge < -0.3 is 15.3 Å². The molecule has 18 heavy (non-hydrogen) atoms. The average molecular weight is 252 g/mol. The van der Waals surface area contributed by atoms with Gasteiger partial charge in [0.15, 0.2) is 0 Å². The van der Waals surface area contributed by atoms with Crippen molar-refractivity contribution in [1.82, 2.24) is 5.32 Å². The van der Waals surface area contributed by atoms with E-state index in [0.717, 1.165) is 6.54 Å². The lowest BCUT2D eigenvalue weighted by molar-refractivity contribution is 0.239. The molecule has 1 atom stereocenters. The second-order valence-electron chi connectivity index (χ2n) is 5.46. The van der Waals surface area contributed by atoms with E-state index < -0.39 is 0 Å². The highest BCUT2D eigenvalue weighted by Gasteiger charge is 2.34. The zero-order valence-corrected chi connectivity index (χ0v) is 11.0. The van der Waals surface area contributed by atoms with Crippen molar-refractivity contribution in [3.8, 4) is 0 Å². The minimum absolute atomic E-state index is 0.131. The molecule has 1 aromatic rings. The Hall–Kier alpha value is -1.13. The van der Waals surface area contributed by atoms with E-state index in [1.54, 1.807) is 6.07 Å². The van der Waals surface area contributed by atoms with Gasteiger partial charge in [0.25, 0.3) is 0 Å². The van der Waals surface area contributed by atoms with Gasteiger partial charge in [0.2, 0.25) is 0 Å². The highest BCUT2D eigenvalue weighted by Crippen LogP contribution is 2.29. The fraction of sp³-hybridized carbons (Fsp3) is 0.571. The molecular weight excluding hydrogens is 231 g/mol. The molecule has 0 aromatic heterocycles. The van der Waals surface area contributed by atoms with Crippen LogP contribution in [-0.2, 0) is 0 Å². The number of para-hydroxylation sites is 1.